The molecule has 0 radical (unpaired) electrons. The number of nitrogens with one attached hydrogen (secondary N) is 3. The lowest BCUT2D eigenvalue weighted by Gasteiger charge is -2.32. The minimum Gasteiger partial charge on any atom is -0.463 e. The smallest absolute Gasteiger partial charge is 0.338 e. The van der Waals surface area contributed by atoms with E-state index in [1.54, 1.807) is 13.8 Å². The number of aromatic nitrogens is 2. The Labute approximate surface area is 237 Å². The molecule has 0 saturated carbocycles. The molecule has 0 saturated heterocycles. The number of imidazole rings is 1. The average Bonchev–Trinajstić information content (AvgIpc) is 3.50. The van der Waals surface area contributed by atoms with E-state index in [0.717, 1.165) is 17.1 Å². The summed E-state index contributed by atoms with van der Waals surface area (Å²) in [4.78, 5) is 39.0. The van der Waals surface area contributed by atoms with Gasteiger partial charge in [0.15, 0.2) is 11.4 Å². The number of nitrogen functional groups attached to an aromatic ring is 1. The van der Waals surface area contributed by atoms with Crippen molar-refractivity contribution >= 4 is 45.0 Å². The molecule has 0 spiro atoms. The van der Waals surface area contributed by atoms with Crippen LogP contribution in [0.1, 0.15) is 57.6 Å². The molecule has 13 nitrogen and oxygen atoms in total. The molecule has 1 aromatic carbocycles. The average molecular weight is 594 g/mol. The van der Waals surface area contributed by atoms with Crippen molar-refractivity contribution in [1.82, 2.24) is 24.9 Å². The second-order valence-electron chi connectivity index (χ2n) is 9.35. The third-order valence-corrected chi connectivity index (χ3v) is 8.50. The van der Waals surface area contributed by atoms with E-state index in [4.69, 9.17) is 26.9 Å². The molecule has 1 aromatic heterocycles. The molecule has 2 amide bonds. The number of oxime groups is 1. The summed E-state index contributed by atoms with van der Waals surface area (Å²) in [5, 5.41) is 9.27. The molecule has 3 heterocycles. The van der Waals surface area contributed by atoms with Gasteiger partial charge in [-0.25, -0.2) is 23.0 Å². The molecule has 2 unspecified atom stereocenters. The third kappa shape index (κ3) is 6.24. The first-order chi connectivity index (χ1) is 19.0. The number of urea groups is 1. The van der Waals surface area contributed by atoms with Crippen LogP contribution in [0.4, 0.5) is 10.5 Å². The number of benzene rings is 1. The van der Waals surface area contributed by atoms with Crippen molar-refractivity contribution in [3.63, 3.8) is 0 Å². The molecular formula is C25H32ClN7O6S. The molecule has 15 heteroatoms. The lowest BCUT2D eigenvalue weighted by molar-refractivity contribution is -0.139. The molecule has 5 N–H and O–H groups in total. The summed E-state index contributed by atoms with van der Waals surface area (Å²) in [6, 6.07) is 3.91. The van der Waals surface area contributed by atoms with E-state index < -0.39 is 40.8 Å². The number of rotatable bonds is 11. The Morgan fingerprint density at radius 3 is 2.62 bits per heavy atom. The normalized spacial score (nSPS) is 19.2. The predicted octanol–water partition coefficient (Wildman–Crippen LogP) is 2.97. The number of halogens is 1. The van der Waals surface area contributed by atoms with Gasteiger partial charge in [0.05, 0.1) is 35.0 Å². The van der Waals surface area contributed by atoms with E-state index in [9.17, 15) is 18.0 Å². The number of esters is 1. The van der Waals surface area contributed by atoms with E-state index in [1.807, 2.05) is 6.92 Å². The lowest BCUT2D eigenvalue weighted by atomic mass is 9.99. The summed E-state index contributed by atoms with van der Waals surface area (Å²) in [5.74, 6) is -0.167. The van der Waals surface area contributed by atoms with Gasteiger partial charge in [0, 0.05) is 24.2 Å². The standard InChI is InChI=1S/C25H32ClN7O6S/c1-4-6-7-18-29-22(23(26)30-18)21-20(24(34)38-5-2)17(28-25(35)31-21)13-33(19-12-14(3)32-39-19)40(36,37)16-10-8-15(27)9-11-16/h8-11,19,21H,4-7,12-13,27H2,1-3H3,(H,29,30)(H2,28,31,35). The van der Waals surface area contributed by atoms with Gasteiger partial charge in [-0.1, -0.05) is 30.1 Å². The SMILES string of the molecule is CCCCc1nc(Cl)c(C2NC(=O)NC(CN(C3CC(C)=NO3)S(=O)(=O)c3ccc(N)cc3)=C2C(=O)OCC)[nH]1. The van der Waals surface area contributed by atoms with Crippen molar-refractivity contribution in [1.29, 1.82) is 0 Å². The first-order valence-electron chi connectivity index (χ1n) is 12.8. The van der Waals surface area contributed by atoms with Crippen LogP contribution in [0.15, 0.2) is 45.6 Å². The van der Waals surface area contributed by atoms with Gasteiger partial charge in [-0.2, -0.15) is 4.31 Å². The number of hydrogen-bond donors (Lipinski definition) is 4. The molecule has 2 aliphatic rings. The van der Waals surface area contributed by atoms with Crippen molar-refractivity contribution in [3.8, 4) is 0 Å². The van der Waals surface area contributed by atoms with Gasteiger partial charge in [0.25, 0.3) is 0 Å². The Morgan fingerprint density at radius 2 is 2.00 bits per heavy atom. The van der Waals surface area contributed by atoms with Crippen molar-refractivity contribution in [3.05, 3.63) is 52.2 Å². The van der Waals surface area contributed by atoms with Gasteiger partial charge in [-0.3, -0.25) is 0 Å². The summed E-state index contributed by atoms with van der Waals surface area (Å²) in [6.45, 7) is 4.99. The Morgan fingerprint density at radius 1 is 1.27 bits per heavy atom. The highest BCUT2D eigenvalue weighted by Crippen LogP contribution is 2.33. The predicted molar refractivity (Wildman–Crippen MR) is 148 cm³/mol. The van der Waals surface area contributed by atoms with E-state index in [2.05, 4.69) is 25.8 Å². The van der Waals surface area contributed by atoms with E-state index in [-0.39, 0.29) is 40.0 Å². The number of anilines is 1. The first kappa shape index (κ1) is 29.4. The topological polar surface area (TPSA) is 181 Å². The van der Waals surface area contributed by atoms with Crippen LogP contribution >= 0.6 is 11.6 Å². The molecule has 0 fully saturated rings. The number of carbonyl (C=O) groups excluding carboxylic acids is 2. The number of ether oxygens (including phenoxy) is 1. The van der Waals surface area contributed by atoms with Gasteiger partial charge >= 0.3 is 12.0 Å². The second kappa shape index (κ2) is 12.3. The Kier molecular flexibility index (Phi) is 9.01. The monoisotopic (exact) mass is 593 g/mol. The molecule has 0 bridgehead atoms. The maximum atomic E-state index is 13.9. The van der Waals surface area contributed by atoms with E-state index in [1.165, 1.54) is 24.3 Å². The van der Waals surface area contributed by atoms with Crippen LogP contribution in [0.2, 0.25) is 5.15 Å². The van der Waals surface area contributed by atoms with E-state index >= 15 is 0 Å². The zero-order valence-corrected chi connectivity index (χ0v) is 23.9. The summed E-state index contributed by atoms with van der Waals surface area (Å²) < 4.78 is 34.1. The summed E-state index contributed by atoms with van der Waals surface area (Å²) in [7, 11) is -4.22. The van der Waals surface area contributed by atoms with Crippen LogP contribution in [0.5, 0.6) is 0 Å². The number of H-pyrrole nitrogens is 1. The first-order valence-corrected chi connectivity index (χ1v) is 14.7. The summed E-state index contributed by atoms with van der Waals surface area (Å²) in [6.07, 6.45) is 1.56. The number of amides is 2. The van der Waals surface area contributed by atoms with Crippen LogP contribution < -0.4 is 16.4 Å². The van der Waals surface area contributed by atoms with E-state index in [0.29, 0.717) is 23.6 Å². The van der Waals surface area contributed by atoms with Crippen molar-refractivity contribution in [2.45, 2.75) is 63.6 Å². The Bertz CT molecular complexity index is 1440. The largest absolute Gasteiger partial charge is 0.463 e. The summed E-state index contributed by atoms with van der Waals surface area (Å²) in [5.41, 5.74) is 6.99. The fourth-order valence-corrected chi connectivity index (χ4v) is 6.11. The number of hydrogen-bond acceptors (Lipinski definition) is 9. The molecule has 2 aliphatic heterocycles. The Hall–Kier alpha value is -3.62. The van der Waals surface area contributed by atoms with Crippen LogP contribution in [0.3, 0.4) is 0 Å². The third-order valence-electron chi connectivity index (χ3n) is 6.36. The van der Waals surface area contributed by atoms with Gasteiger partial charge in [0.2, 0.25) is 10.0 Å². The van der Waals surface area contributed by atoms with Crippen LogP contribution in [-0.2, 0) is 30.8 Å². The molecule has 2 atom stereocenters. The molecule has 216 valence electrons. The van der Waals surface area contributed by atoms with Gasteiger partial charge in [-0.05, 0) is 44.5 Å². The second-order valence-corrected chi connectivity index (χ2v) is 11.6. The van der Waals surface area contributed by atoms with Crippen LogP contribution in [0, 0.1) is 0 Å². The maximum Gasteiger partial charge on any atom is 0.338 e. The summed E-state index contributed by atoms with van der Waals surface area (Å²) >= 11 is 6.45. The molecular weight excluding hydrogens is 562 g/mol. The number of aromatic amines is 1. The van der Waals surface area contributed by atoms with Crippen molar-refractivity contribution in [2.24, 2.45) is 5.16 Å². The Balaban J connectivity index is 1.81. The highest BCUT2D eigenvalue weighted by atomic mass is 35.5. The van der Waals surface area contributed by atoms with Gasteiger partial charge in [-0.15, -0.1) is 0 Å². The minimum atomic E-state index is -4.22. The lowest BCUT2D eigenvalue weighted by Crippen LogP contribution is -2.51. The number of nitrogens with zero attached hydrogens (tertiary/aromatic N) is 3. The van der Waals surface area contributed by atoms with Gasteiger partial charge in [0.1, 0.15) is 11.9 Å². The fraction of sp³-hybridized carbons (Fsp3) is 0.440. The fourth-order valence-electron chi connectivity index (χ4n) is 4.38. The number of unbranched alkanes of at least 4 members (excludes halogenated alkanes) is 1. The maximum absolute atomic E-state index is 13.9. The molecule has 2 aromatic rings. The molecule has 40 heavy (non-hydrogen) atoms. The number of aryl methyl sites for hydroxylation is 1. The highest BCUT2D eigenvalue weighted by molar-refractivity contribution is 7.89. The van der Waals surface area contributed by atoms with Crippen LogP contribution in [0.25, 0.3) is 0 Å². The number of carbonyl (C=O) groups is 2. The number of sulfonamides is 1. The van der Waals surface area contributed by atoms with Crippen LogP contribution in [-0.4, -0.2) is 59.8 Å². The number of nitrogens with two attached hydrogens (primary N) is 1. The quantitative estimate of drug-likeness (QED) is 0.226. The highest BCUT2D eigenvalue weighted by Gasteiger charge is 2.41. The van der Waals surface area contributed by atoms with Gasteiger partial charge < -0.3 is 30.9 Å². The van der Waals surface area contributed by atoms with Crippen molar-refractivity contribution in [2.75, 3.05) is 18.9 Å². The molecule has 4 rings (SSSR count). The zero-order chi connectivity index (χ0) is 29.0. The van der Waals surface area contributed by atoms with Crippen molar-refractivity contribution < 1.29 is 27.6 Å². The minimum absolute atomic E-state index is 0.000137. The zero-order valence-electron chi connectivity index (χ0n) is 22.4. The molecule has 0 aliphatic carbocycles.